The monoisotopic (exact) mass is 276 g/mol. The first-order chi connectivity index (χ1) is 9.24. The maximum absolute atomic E-state index is 6.16. The van der Waals surface area contributed by atoms with Crippen molar-refractivity contribution in [3.05, 3.63) is 46.5 Å². The third kappa shape index (κ3) is 2.61. The van der Waals surface area contributed by atoms with E-state index in [4.69, 9.17) is 16.3 Å². The van der Waals surface area contributed by atoms with Gasteiger partial charge < -0.3 is 9.30 Å². The van der Waals surface area contributed by atoms with Crippen molar-refractivity contribution in [3.63, 3.8) is 0 Å². The van der Waals surface area contributed by atoms with Gasteiger partial charge in [-0.2, -0.15) is 0 Å². The molecule has 1 aliphatic rings. The molecule has 2 heterocycles. The molecule has 0 radical (unpaired) electrons. The van der Waals surface area contributed by atoms with Crippen LogP contribution in [0.15, 0.2) is 24.3 Å². The van der Waals surface area contributed by atoms with Crippen molar-refractivity contribution in [1.82, 2.24) is 9.55 Å². The lowest BCUT2D eigenvalue weighted by Crippen LogP contribution is -2.11. The first-order valence-corrected chi connectivity index (χ1v) is 7.05. The summed E-state index contributed by atoms with van der Waals surface area (Å²) in [5.41, 5.74) is 3.45. The number of hydrogen-bond acceptors (Lipinski definition) is 2. The summed E-state index contributed by atoms with van der Waals surface area (Å²) in [6.45, 7) is 3.53. The van der Waals surface area contributed by atoms with Crippen LogP contribution in [0.1, 0.15) is 29.8 Å². The number of imidazole rings is 1. The minimum atomic E-state index is 0.491. The van der Waals surface area contributed by atoms with E-state index < -0.39 is 0 Å². The van der Waals surface area contributed by atoms with Gasteiger partial charge in [-0.25, -0.2) is 4.98 Å². The highest BCUT2D eigenvalue weighted by Gasteiger charge is 2.19. The van der Waals surface area contributed by atoms with Gasteiger partial charge >= 0.3 is 0 Å². The number of fused-ring (bicyclic) bond motifs is 1. The average molecular weight is 277 g/mol. The van der Waals surface area contributed by atoms with Gasteiger partial charge in [0.1, 0.15) is 18.1 Å². The first-order valence-electron chi connectivity index (χ1n) is 6.67. The quantitative estimate of drug-likeness (QED) is 0.853. The van der Waals surface area contributed by atoms with E-state index in [0.29, 0.717) is 11.9 Å². The molecule has 0 saturated heterocycles. The lowest BCUT2D eigenvalue weighted by Gasteiger charge is -2.15. The molecule has 3 rings (SSSR count). The topological polar surface area (TPSA) is 27.1 Å². The molecule has 0 saturated carbocycles. The van der Waals surface area contributed by atoms with Gasteiger partial charge in [0.05, 0.1) is 0 Å². The summed E-state index contributed by atoms with van der Waals surface area (Å²) in [5, 5.41) is 0.595. The Bertz CT molecular complexity index is 575. The third-order valence-corrected chi connectivity index (χ3v) is 3.84. The predicted octanol–water partition coefficient (Wildman–Crippen LogP) is 3.76. The summed E-state index contributed by atoms with van der Waals surface area (Å²) in [6, 6.07) is 8.06. The van der Waals surface area contributed by atoms with E-state index in [-0.39, 0.29) is 0 Å². The molecular weight excluding hydrogens is 260 g/mol. The van der Waals surface area contributed by atoms with E-state index in [1.807, 2.05) is 24.3 Å². The highest BCUT2D eigenvalue weighted by Crippen LogP contribution is 2.24. The van der Waals surface area contributed by atoms with Crippen LogP contribution in [0.3, 0.4) is 0 Å². The van der Waals surface area contributed by atoms with E-state index in [2.05, 4.69) is 16.5 Å². The Labute approximate surface area is 118 Å². The van der Waals surface area contributed by atoms with E-state index in [1.54, 1.807) is 0 Å². The summed E-state index contributed by atoms with van der Waals surface area (Å²) in [4.78, 5) is 4.43. The van der Waals surface area contributed by atoms with Crippen LogP contribution in [0.5, 0.6) is 5.75 Å². The molecule has 0 aliphatic carbocycles. The van der Waals surface area contributed by atoms with Crippen molar-refractivity contribution in [2.75, 3.05) is 0 Å². The van der Waals surface area contributed by atoms with Crippen molar-refractivity contribution in [1.29, 1.82) is 0 Å². The smallest absolute Gasteiger partial charge is 0.203 e. The van der Waals surface area contributed by atoms with Crippen LogP contribution in [0.2, 0.25) is 5.28 Å². The molecule has 0 spiro atoms. The maximum Gasteiger partial charge on any atom is 0.203 e. The number of rotatable bonds is 3. The van der Waals surface area contributed by atoms with Crippen molar-refractivity contribution in [2.24, 2.45) is 0 Å². The van der Waals surface area contributed by atoms with E-state index in [9.17, 15) is 0 Å². The fourth-order valence-corrected chi connectivity index (χ4v) is 2.76. The van der Waals surface area contributed by atoms with Crippen LogP contribution < -0.4 is 4.74 Å². The molecule has 1 aromatic carbocycles. The van der Waals surface area contributed by atoms with Crippen LogP contribution in [0.4, 0.5) is 0 Å². The molecule has 0 unspecified atom stereocenters. The molecule has 4 heteroatoms. The number of halogens is 1. The van der Waals surface area contributed by atoms with Gasteiger partial charge in [0, 0.05) is 12.2 Å². The van der Waals surface area contributed by atoms with Gasteiger partial charge in [-0.1, -0.05) is 17.7 Å². The Kier molecular flexibility index (Phi) is 3.47. The van der Waals surface area contributed by atoms with Crippen molar-refractivity contribution < 1.29 is 4.74 Å². The number of ether oxygens (including phenoxy) is 1. The second kappa shape index (κ2) is 5.25. The van der Waals surface area contributed by atoms with Gasteiger partial charge in [0.15, 0.2) is 0 Å². The molecule has 0 N–H and O–H groups in total. The van der Waals surface area contributed by atoms with E-state index in [0.717, 1.165) is 24.4 Å². The lowest BCUT2D eigenvalue weighted by molar-refractivity contribution is 0.299. The molecule has 0 atom stereocenters. The molecule has 1 aliphatic heterocycles. The number of hydrogen-bond donors (Lipinski definition) is 0. The molecule has 100 valence electrons. The number of benzene rings is 1. The highest BCUT2D eigenvalue weighted by molar-refractivity contribution is 6.28. The zero-order chi connectivity index (χ0) is 13.2. The van der Waals surface area contributed by atoms with E-state index >= 15 is 0 Å². The minimum Gasteiger partial charge on any atom is -0.487 e. The first kappa shape index (κ1) is 12.5. The summed E-state index contributed by atoms with van der Waals surface area (Å²) >= 11 is 6.16. The SMILES string of the molecule is Cc1ccc(OCc2nc(Cl)n3c2CCCC3)cc1. The Morgan fingerprint density at radius 1 is 1.26 bits per heavy atom. The summed E-state index contributed by atoms with van der Waals surface area (Å²) in [5.74, 6) is 0.874. The second-order valence-electron chi connectivity index (χ2n) is 4.98. The molecule has 19 heavy (non-hydrogen) atoms. The zero-order valence-electron chi connectivity index (χ0n) is 11.0. The Hall–Kier alpha value is -1.48. The predicted molar refractivity (Wildman–Crippen MR) is 75.7 cm³/mol. The molecule has 0 fully saturated rings. The molecule has 2 aromatic rings. The van der Waals surface area contributed by atoms with E-state index in [1.165, 1.54) is 24.1 Å². The Morgan fingerprint density at radius 2 is 2.05 bits per heavy atom. The van der Waals surface area contributed by atoms with Crippen LogP contribution in [-0.4, -0.2) is 9.55 Å². The molecule has 1 aromatic heterocycles. The normalized spacial score (nSPS) is 14.2. The second-order valence-corrected chi connectivity index (χ2v) is 5.32. The largest absolute Gasteiger partial charge is 0.487 e. The molecule has 0 amide bonds. The fourth-order valence-electron chi connectivity index (χ4n) is 2.47. The highest BCUT2D eigenvalue weighted by atomic mass is 35.5. The standard InChI is InChI=1S/C15H17ClN2O/c1-11-5-7-12(8-6-11)19-10-13-14-4-2-3-9-18(14)15(16)17-13/h5-8H,2-4,9-10H2,1H3. The number of nitrogens with zero attached hydrogens (tertiary/aromatic N) is 2. The summed E-state index contributed by atoms with van der Waals surface area (Å²) in [7, 11) is 0. The molecule has 3 nitrogen and oxygen atoms in total. The van der Waals surface area contributed by atoms with Crippen LogP contribution in [-0.2, 0) is 19.6 Å². The number of aryl methyl sites for hydroxylation is 1. The van der Waals surface area contributed by atoms with Gasteiger partial charge in [-0.15, -0.1) is 0 Å². The van der Waals surface area contributed by atoms with Gasteiger partial charge in [0.2, 0.25) is 5.28 Å². The van der Waals surface area contributed by atoms with Gasteiger partial charge in [0.25, 0.3) is 0 Å². The van der Waals surface area contributed by atoms with Crippen molar-refractivity contribution in [3.8, 4) is 5.75 Å². The summed E-state index contributed by atoms with van der Waals surface area (Å²) in [6.07, 6.45) is 3.44. The molecular formula is C15H17ClN2O. The summed E-state index contributed by atoms with van der Waals surface area (Å²) < 4.78 is 7.90. The fraction of sp³-hybridized carbons (Fsp3) is 0.400. The maximum atomic E-state index is 6.16. The zero-order valence-corrected chi connectivity index (χ0v) is 11.8. The Morgan fingerprint density at radius 3 is 2.84 bits per heavy atom. The van der Waals surface area contributed by atoms with Crippen LogP contribution in [0, 0.1) is 6.92 Å². The van der Waals surface area contributed by atoms with Crippen molar-refractivity contribution in [2.45, 2.75) is 39.3 Å². The number of aromatic nitrogens is 2. The molecule has 0 bridgehead atoms. The third-order valence-electron chi connectivity index (χ3n) is 3.55. The minimum absolute atomic E-state index is 0.491. The van der Waals surface area contributed by atoms with Gasteiger partial charge in [-0.3, -0.25) is 0 Å². The lowest BCUT2D eigenvalue weighted by atomic mass is 10.1. The van der Waals surface area contributed by atoms with Crippen molar-refractivity contribution >= 4 is 11.6 Å². The van der Waals surface area contributed by atoms with Gasteiger partial charge in [-0.05, 0) is 49.9 Å². The Balaban J connectivity index is 1.75. The average Bonchev–Trinajstić information content (AvgIpc) is 2.76. The van der Waals surface area contributed by atoms with Crippen LogP contribution >= 0.6 is 11.6 Å². The van der Waals surface area contributed by atoms with Crippen LogP contribution in [0.25, 0.3) is 0 Å².